The van der Waals surface area contributed by atoms with Gasteiger partial charge in [0.25, 0.3) is 0 Å². The smallest absolute Gasteiger partial charge is 0.0638 e. The van der Waals surface area contributed by atoms with E-state index < -0.39 is 0 Å². The third kappa shape index (κ3) is 3.45. The molecule has 0 amide bonds. The Morgan fingerprint density at radius 3 is 2.20 bits per heavy atom. The fourth-order valence-corrected chi connectivity index (χ4v) is 2.30. The van der Waals surface area contributed by atoms with Gasteiger partial charge in [0.1, 0.15) is 0 Å². The molecular formula is C19H21N. The molecule has 1 nitrogen and oxygen atoms in total. The Morgan fingerprint density at radius 2 is 1.55 bits per heavy atom. The van der Waals surface area contributed by atoms with E-state index in [9.17, 15) is 0 Å². The van der Waals surface area contributed by atoms with E-state index in [1.807, 2.05) is 37.3 Å². The lowest BCUT2D eigenvalue weighted by molar-refractivity contribution is 1.07. The van der Waals surface area contributed by atoms with E-state index in [1.165, 1.54) is 11.1 Å². The molecule has 102 valence electrons. The van der Waals surface area contributed by atoms with Crippen LogP contribution in [0.25, 0.3) is 0 Å². The van der Waals surface area contributed by atoms with Crippen molar-refractivity contribution >= 4 is 5.71 Å². The third-order valence-corrected chi connectivity index (χ3v) is 3.58. The van der Waals surface area contributed by atoms with Gasteiger partial charge in [0.05, 0.1) is 5.71 Å². The standard InChI is InChI=1S/C19H21N/c1-3-16-9-7-8-10-17(16)14-13-15(2)19(20)18-11-5-4-6-12-18/h4-13,20H,3,14H2,1-2H3/b15-13-,20-19?. The summed E-state index contributed by atoms with van der Waals surface area (Å²) in [5.41, 5.74) is 5.37. The molecule has 0 aliphatic rings. The van der Waals surface area contributed by atoms with Gasteiger partial charge >= 0.3 is 0 Å². The van der Waals surface area contributed by atoms with Crippen LogP contribution in [0.3, 0.4) is 0 Å². The summed E-state index contributed by atoms with van der Waals surface area (Å²) in [6.45, 7) is 4.20. The molecule has 0 bridgehead atoms. The van der Waals surface area contributed by atoms with Gasteiger partial charge in [-0.2, -0.15) is 0 Å². The summed E-state index contributed by atoms with van der Waals surface area (Å²) in [5, 5.41) is 8.23. The summed E-state index contributed by atoms with van der Waals surface area (Å²) in [6.07, 6.45) is 4.11. The maximum Gasteiger partial charge on any atom is 0.0638 e. The van der Waals surface area contributed by atoms with Gasteiger partial charge in [-0.25, -0.2) is 0 Å². The molecule has 2 rings (SSSR count). The lowest BCUT2D eigenvalue weighted by atomic mass is 9.98. The van der Waals surface area contributed by atoms with Crippen LogP contribution in [-0.4, -0.2) is 5.71 Å². The second-order valence-corrected chi connectivity index (χ2v) is 4.95. The zero-order valence-corrected chi connectivity index (χ0v) is 12.2. The maximum absolute atomic E-state index is 8.23. The van der Waals surface area contributed by atoms with Crippen LogP contribution in [0.5, 0.6) is 0 Å². The van der Waals surface area contributed by atoms with E-state index in [0.717, 1.165) is 24.0 Å². The molecule has 0 saturated carbocycles. The average Bonchev–Trinajstić information content (AvgIpc) is 2.53. The van der Waals surface area contributed by atoms with Gasteiger partial charge < -0.3 is 5.41 Å². The molecule has 0 spiro atoms. The number of hydrogen-bond acceptors (Lipinski definition) is 1. The van der Waals surface area contributed by atoms with Gasteiger partial charge in [-0.15, -0.1) is 0 Å². The van der Waals surface area contributed by atoms with Crippen LogP contribution in [0.1, 0.15) is 30.5 Å². The zero-order valence-electron chi connectivity index (χ0n) is 12.2. The molecule has 1 N–H and O–H groups in total. The van der Waals surface area contributed by atoms with E-state index >= 15 is 0 Å². The van der Waals surface area contributed by atoms with Crippen molar-refractivity contribution < 1.29 is 0 Å². The number of benzene rings is 2. The molecule has 0 unspecified atom stereocenters. The van der Waals surface area contributed by atoms with Crippen molar-refractivity contribution in [3.8, 4) is 0 Å². The first-order chi connectivity index (χ1) is 9.72. The Balaban J connectivity index is 2.13. The Hall–Kier alpha value is -2.15. The number of rotatable bonds is 5. The monoisotopic (exact) mass is 263 g/mol. The van der Waals surface area contributed by atoms with Crippen molar-refractivity contribution in [2.45, 2.75) is 26.7 Å². The van der Waals surface area contributed by atoms with Gasteiger partial charge in [-0.1, -0.05) is 67.6 Å². The third-order valence-electron chi connectivity index (χ3n) is 3.58. The maximum atomic E-state index is 8.23. The fourth-order valence-electron chi connectivity index (χ4n) is 2.30. The minimum absolute atomic E-state index is 0.611. The lowest BCUT2D eigenvalue weighted by Crippen LogP contribution is -2.01. The van der Waals surface area contributed by atoms with E-state index in [-0.39, 0.29) is 0 Å². The number of allylic oxidation sites excluding steroid dienone is 2. The SMILES string of the molecule is CCc1ccccc1C/C=C(/C)C(=N)c1ccccc1. The first-order valence-corrected chi connectivity index (χ1v) is 7.10. The van der Waals surface area contributed by atoms with Crippen molar-refractivity contribution in [2.24, 2.45) is 0 Å². The van der Waals surface area contributed by atoms with Crippen molar-refractivity contribution in [1.29, 1.82) is 5.41 Å². The Morgan fingerprint density at radius 1 is 0.950 bits per heavy atom. The minimum atomic E-state index is 0.611. The lowest BCUT2D eigenvalue weighted by Gasteiger charge is -2.07. The second-order valence-electron chi connectivity index (χ2n) is 4.95. The number of aryl methyl sites for hydroxylation is 1. The highest BCUT2D eigenvalue weighted by molar-refractivity contribution is 6.10. The summed E-state index contributed by atoms with van der Waals surface area (Å²) in [4.78, 5) is 0. The second kappa shape index (κ2) is 6.85. The predicted molar refractivity (Wildman–Crippen MR) is 86.6 cm³/mol. The molecule has 0 fully saturated rings. The summed E-state index contributed by atoms with van der Waals surface area (Å²) in [6, 6.07) is 18.4. The van der Waals surface area contributed by atoms with Crippen molar-refractivity contribution in [2.75, 3.05) is 0 Å². The van der Waals surface area contributed by atoms with Crippen molar-refractivity contribution in [1.82, 2.24) is 0 Å². The fraction of sp³-hybridized carbons (Fsp3) is 0.211. The first-order valence-electron chi connectivity index (χ1n) is 7.10. The summed E-state index contributed by atoms with van der Waals surface area (Å²) in [5.74, 6) is 0. The molecule has 2 aromatic rings. The molecule has 0 aromatic heterocycles. The highest BCUT2D eigenvalue weighted by Crippen LogP contribution is 2.13. The molecule has 0 aliphatic carbocycles. The van der Waals surface area contributed by atoms with Crippen LogP contribution in [0, 0.1) is 5.41 Å². The van der Waals surface area contributed by atoms with Gasteiger partial charge in [-0.3, -0.25) is 0 Å². The average molecular weight is 263 g/mol. The molecule has 0 saturated heterocycles. The van der Waals surface area contributed by atoms with Crippen LogP contribution in [0.15, 0.2) is 66.2 Å². The highest BCUT2D eigenvalue weighted by atomic mass is 14.4. The van der Waals surface area contributed by atoms with Gasteiger partial charge in [0.2, 0.25) is 0 Å². The molecule has 1 heteroatoms. The minimum Gasteiger partial charge on any atom is -0.300 e. The molecule has 2 aromatic carbocycles. The highest BCUT2D eigenvalue weighted by Gasteiger charge is 2.03. The summed E-state index contributed by atoms with van der Waals surface area (Å²) in [7, 11) is 0. The van der Waals surface area contributed by atoms with Crippen molar-refractivity contribution in [3.63, 3.8) is 0 Å². The molecule has 0 aliphatic heterocycles. The molecular weight excluding hydrogens is 242 g/mol. The van der Waals surface area contributed by atoms with E-state index in [2.05, 4.69) is 37.3 Å². The van der Waals surface area contributed by atoms with Crippen LogP contribution in [-0.2, 0) is 12.8 Å². The summed E-state index contributed by atoms with van der Waals surface area (Å²) >= 11 is 0. The molecule has 0 heterocycles. The predicted octanol–water partition coefficient (Wildman–Crippen LogP) is 4.81. The van der Waals surface area contributed by atoms with Crippen LogP contribution in [0.2, 0.25) is 0 Å². The molecule has 0 atom stereocenters. The van der Waals surface area contributed by atoms with E-state index in [1.54, 1.807) is 0 Å². The van der Waals surface area contributed by atoms with Gasteiger partial charge in [0.15, 0.2) is 0 Å². The Kier molecular flexibility index (Phi) is 4.89. The summed E-state index contributed by atoms with van der Waals surface area (Å²) < 4.78 is 0. The van der Waals surface area contributed by atoms with Crippen LogP contribution >= 0.6 is 0 Å². The van der Waals surface area contributed by atoms with Crippen molar-refractivity contribution in [3.05, 3.63) is 82.9 Å². The van der Waals surface area contributed by atoms with Gasteiger partial charge in [0, 0.05) is 0 Å². The van der Waals surface area contributed by atoms with Crippen LogP contribution in [0.4, 0.5) is 0 Å². The first kappa shape index (κ1) is 14.3. The normalized spacial score (nSPS) is 11.4. The quantitative estimate of drug-likeness (QED) is 0.749. The topological polar surface area (TPSA) is 23.9 Å². The largest absolute Gasteiger partial charge is 0.300 e. The van der Waals surface area contributed by atoms with Crippen LogP contribution < -0.4 is 0 Å². The molecule has 20 heavy (non-hydrogen) atoms. The zero-order chi connectivity index (χ0) is 14.4. The Labute approximate surface area is 121 Å². The van der Waals surface area contributed by atoms with E-state index in [4.69, 9.17) is 5.41 Å². The van der Waals surface area contributed by atoms with Gasteiger partial charge in [-0.05, 0) is 42.0 Å². The Bertz CT molecular complexity index is 609. The van der Waals surface area contributed by atoms with E-state index in [0.29, 0.717) is 5.71 Å². The molecule has 0 radical (unpaired) electrons. The number of hydrogen-bond donors (Lipinski definition) is 1. The number of nitrogens with one attached hydrogen (secondary N) is 1.